The predicted molar refractivity (Wildman–Crippen MR) is 191 cm³/mol. The van der Waals surface area contributed by atoms with Crippen molar-refractivity contribution in [3.05, 3.63) is 140 Å². The van der Waals surface area contributed by atoms with Crippen LogP contribution in [0.25, 0.3) is 61.7 Å². The Morgan fingerprint density at radius 3 is 1.43 bits per heavy atom. The van der Waals surface area contributed by atoms with E-state index in [0.717, 1.165) is 49.2 Å². The summed E-state index contributed by atoms with van der Waals surface area (Å²) < 4.78 is 5.02. The summed E-state index contributed by atoms with van der Waals surface area (Å²) in [6, 6.07) is 49.7. The molecule has 0 aliphatic rings. The molecule has 9 aromatic rings. The minimum absolute atomic E-state index is 1.04. The number of thiophene rings is 1. The Morgan fingerprint density at radius 1 is 0.386 bits per heavy atom. The van der Waals surface area contributed by atoms with Gasteiger partial charge in [-0.25, -0.2) is 9.97 Å². The SMILES string of the molecule is c1ccc2sc(-c3ccc(N(c4ccc(-c5nc6ccccc6s5)cc4)c4ccc5sc6ccccc6c5c4)cc3)nc2c1. The monoisotopic (exact) mass is 617 g/mol. The van der Waals surface area contributed by atoms with Crippen LogP contribution in [0.15, 0.2) is 140 Å². The first-order valence-corrected chi connectivity index (χ1v) is 16.9. The Hall–Kier alpha value is -4.88. The van der Waals surface area contributed by atoms with Crippen molar-refractivity contribution in [3.63, 3.8) is 0 Å². The molecule has 6 heteroatoms. The maximum absolute atomic E-state index is 4.89. The summed E-state index contributed by atoms with van der Waals surface area (Å²) in [5, 5.41) is 4.66. The maximum atomic E-state index is 4.89. The summed E-state index contributed by atoms with van der Waals surface area (Å²) in [5.41, 5.74) is 7.66. The molecule has 44 heavy (non-hydrogen) atoms. The van der Waals surface area contributed by atoms with E-state index in [0.29, 0.717) is 0 Å². The van der Waals surface area contributed by atoms with Crippen LogP contribution in [0, 0.1) is 0 Å². The lowest BCUT2D eigenvalue weighted by molar-refractivity contribution is 1.29. The molecule has 0 saturated heterocycles. The van der Waals surface area contributed by atoms with Crippen LogP contribution in [-0.4, -0.2) is 9.97 Å². The van der Waals surface area contributed by atoms with Gasteiger partial charge in [-0.3, -0.25) is 0 Å². The van der Waals surface area contributed by atoms with Gasteiger partial charge in [-0.1, -0.05) is 42.5 Å². The molecule has 0 atom stereocenters. The van der Waals surface area contributed by atoms with Crippen molar-refractivity contribution in [2.24, 2.45) is 0 Å². The molecule has 9 rings (SSSR count). The fourth-order valence-corrected chi connectivity index (χ4v) is 8.83. The number of aromatic nitrogens is 2. The highest BCUT2D eigenvalue weighted by Crippen LogP contribution is 2.42. The third-order valence-corrected chi connectivity index (χ3v) is 11.3. The zero-order chi connectivity index (χ0) is 29.0. The molecule has 3 nitrogen and oxygen atoms in total. The first-order chi connectivity index (χ1) is 21.8. The number of anilines is 3. The number of para-hydroxylation sites is 2. The molecule has 0 radical (unpaired) electrons. The van der Waals surface area contributed by atoms with Crippen molar-refractivity contribution in [1.29, 1.82) is 0 Å². The second-order valence-electron chi connectivity index (χ2n) is 10.7. The standard InChI is InChI=1S/C38H23N3S3/c1-4-10-33-29(7-1)30-23-28(21-22-34(30)42-33)41(26-17-13-24(14-18-26)37-39-31-8-2-5-11-35(31)43-37)27-19-15-25(16-20-27)38-40-32-9-3-6-12-36(32)44-38/h1-23H. The average Bonchev–Trinajstić information content (AvgIpc) is 3.81. The van der Waals surface area contributed by atoms with E-state index in [1.165, 1.54) is 29.6 Å². The van der Waals surface area contributed by atoms with Gasteiger partial charge in [-0.2, -0.15) is 0 Å². The van der Waals surface area contributed by atoms with Gasteiger partial charge in [0.05, 0.1) is 20.4 Å². The molecule has 0 aliphatic carbocycles. The molecule has 0 spiro atoms. The molecule has 3 aromatic heterocycles. The van der Waals surface area contributed by atoms with Gasteiger partial charge in [0.2, 0.25) is 0 Å². The van der Waals surface area contributed by atoms with Crippen LogP contribution in [0.3, 0.4) is 0 Å². The molecule has 3 heterocycles. The Kier molecular flexibility index (Phi) is 6.04. The minimum atomic E-state index is 1.04. The van der Waals surface area contributed by atoms with Crippen LogP contribution in [-0.2, 0) is 0 Å². The lowest BCUT2D eigenvalue weighted by Gasteiger charge is -2.26. The van der Waals surface area contributed by atoms with Gasteiger partial charge >= 0.3 is 0 Å². The predicted octanol–water partition coefficient (Wildman–Crippen LogP) is 12.1. The number of rotatable bonds is 5. The third kappa shape index (κ3) is 4.38. The van der Waals surface area contributed by atoms with Gasteiger partial charge in [0.1, 0.15) is 10.0 Å². The smallest absolute Gasteiger partial charge is 0.124 e. The van der Waals surface area contributed by atoms with Crippen molar-refractivity contribution in [3.8, 4) is 21.1 Å². The third-order valence-electron chi connectivity index (χ3n) is 7.95. The molecule has 0 N–H and O–H groups in total. The lowest BCUT2D eigenvalue weighted by Crippen LogP contribution is -2.09. The van der Waals surface area contributed by atoms with Gasteiger partial charge in [0, 0.05) is 48.4 Å². The van der Waals surface area contributed by atoms with E-state index in [4.69, 9.17) is 9.97 Å². The van der Waals surface area contributed by atoms with E-state index in [2.05, 4.69) is 132 Å². The number of hydrogen-bond donors (Lipinski definition) is 0. The molecule has 6 aromatic carbocycles. The van der Waals surface area contributed by atoms with Crippen LogP contribution in [0.4, 0.5) is 17.1 Å². The summed E-state index contributed by atoms with van der Waals surface area (Å²) in [5.74, 6) is 0. The van der Waals surface area contributed by atoms with Gasteiger partial charge < -0.3 is 4.90 Å². The molecule has 0 saturated carbocycles. The van der Waals surface area contributed by atoms with E-state index in [1.807, 2.05) is 23.5 Å². The molecule has 0 aliphatic heterocycles. The quantitative estimate of drug-likeness (QED) is 0.192. The van der Waals surface area contributed by atoms with Gasteiger partial charge in [-0.15, -0.1) is 34.0 Å². The van der Waals surface area contributed by atoms with Crippen LogP contribution in [0.2, 0.25) is 0 Å². The zero-order valence-electron chi connectivity index (χ0n) is 23.3. The van der Waals surface area contributed by atoms with Gasteiger partial charge in [0.25, 0.3) is 0 Å². The van der Waals surface area contributed by atoms with E-state index in [1.54, 1.807) is 22.7 Å². The Bertz CT molecular complexity index is 2270. The largest absolute Gasteiger partial charge is 0.310 e. The number of benzene rings is 6. The maximum Gasteiger partial charge on any atom is 0.124 e. The van der Waals surface area contributed by atoms with Crippen LogP contribution in [0.1, 0.15) is 0 Å². The van der Waals surface area contributed by atoms with Gasteiger partial charge in [-0.05, 0) is 97.1 Å². The van der Waals surface area contributed by atoms with Crippen molar-refractivity contribution in [2.45, 2.75) is 0 Å². The second-order valence-corrected chi connectivity index (χ2v) is 13.8. The molecular formula is C38H23N3S3. The molecular weight excluding hydrogens is 595 g/mol. The molecule has 208 valence electrons. The topological polar surface area (TPSA) is 29.0 Å². The number of thiazole rings is 2. The summed E-state index contributed by atoms with van der Waals surface area (Å²) in [6.45, 7) is 0. The van der Waals surface area contributed by atoms with Gasteiger partial charge in [0.15, 0.2) is 0 Å². The minimum Gasteiger partial charge on any atom is -0.310 e. The molecule has 0 bridgehead atoms. The fourth-order valence-electron chi connectivity index (χ4n) is 5.80. The highest BCUT2D eigenvalue weighted by Gasteiger charge is 2.16. The highest BCUT2D eigenvalue weighted by atomic mass is 32.1. The summed E-state index contributed by atoms with van der Waals surface area (Å²) in [4.78, 5) is 12.1. The lowest BCUT2D eigenvalue weighted by atomic mass is 10.1. The Morgan fingerprint density at radius 2 is 0.864 bits per heavy atom. The first kappa shape index (κ1) is 25.6. The van der Waals surface area contributed by atoms with E-state index < -0.39 is 0 Å². The van der Waals surface area contributed by atoms with E-state index in [9.17, 15) is 0 Å². The van der Waals surface area contributed by atoms with Crippen molar-refractivity contribution >= 4 is 91.7 Å². The number of fused-ring (bicyclic) bond motifs is 5. The second kappa shape index (κ2) is 10.4. The van der Waals surface area contributed by atoms with Crippen LogP contribution >= 0.6 is 34.0 Å². The van der Waals surface area contributed by atoms with Crippen LogP contribution in [0.5, 0.6) is 0 Å². The molecule has 0 amide bonds. The van der Waals surface area contributed by atoms with Crippen molar-refractivity contribution < 1.29 is 0 Å². The van der Waals surface area contributed by atoms with Crippen molar-refractivity contribution in [1.82, 2.24) is 9.97 Å². The molecule has 0 unspecified atom stereocenters. The average molecular weight is 618 g/mol. The summed E-state index contributed by atoms with van der Waals surface area (Å²) in [7, 11) is 0. The number of nitrogens with zero attached hydrogens (tertiary/aromatic N) is 3. The van der Waals surface area contributed by atoms with Crippen molar-refractivity contribution in [2.75, 3.05) is 4.90 Å². The fraction of sp³-hybridized carbons (Fsp3) is 0. The summed E-state index contributed by atoms with van der Waals surface area (Å²) in [6.07, 6.45) is 0. The normalized spacial score (nSPS) is 11.6. The zero-order valence-corrected chi connectivity index (χ0v) is 25.8. The Balaban J connectivity index is 1.15. The first-order valence-electron chi connectivity index (χ1n) is 14.4. The van der Waals surface area contributed by atoms with E-state index >= 15 is 0 Å². The molecule has 0 fully saturated rings. The number of hydrogen-bond acceptors (Lipinski definition) is 6. The Labute approximate surface area is 266 Å². The highest BCUT2D eigenvalue weighted by molar-refractivity contribution is 7.25. The summed E-state index contributed by atoms with van der Waals surface area (Å²) >= 11 is 5.31. The van der Waals surface area contributed by atoms with E-state index in [-0.39, 0.29) is 0 Å². The van der Waals surface area contributed by atoms with Crippen LogP contribution < -0.4 is 4.90 Å².